The van der Waals surface area contributed by atoms with E-state index in [-0.39, 0.29) is 23.5 Å². The minimum atomic E-state index is -4.51. The number of fused-ring (bicyclic) bond motifs is 1. The van der Waals surface area contributed by atoms with Crippen molar-refractivity contribution in [3.8, 4) is 0 Å². The smallest absolute Gasteiger partial charge is 0.397 e. The minimum absolute atomic E-state index is 0. The van der Waals surface area contributed by atoms with Crippen LogP contribution >= 0.6 is 12.4 Å². The summed E-state index contributed by atoms with van der Waals surface area (Å²) < 4.78 is 40.2. The number of hydrogen-bond acceptors (Lipinski definition) is 3. The molecule has 0 amide bonds. The molecule has 1 unspecified atom stereocenters. The van der Waals surface area contributed by atoms with Crippen molar-refractivity contribution in [2.24, 2.45) is 0 Å². The van der Waals surface area contributed by atoms with Crippen LogP contribution in [0.3, 0.4) is 0 Å². The van der Waals surface area contributed by atoms with Crippen LogP contribution in [0.15, 0.2) is 17.3 Å². The lowest BCUT2D eigenvalue weighted by molar-refractivity contribution is -0.163. The number of anilines is 1. The number of hydrogen-bond donors (Lipinski definition) is 1. The highest BCUT2D eigenvalue weighted by molar-refractivity contribution is 5.88. The van der Waals surface area contributed by atoms with Crippen LogP contribution in [0.25, 0.3) is 11.0 Å². The lowest BCUT2D eigenvalue weighted by atomic mass is 10.3. The number of rotatable bonds is 2. The van der Waals surface area contributed by atoms with Gasteiger partial charge in [0.1, 0.15) is 23.4 Å². The van der Waals surface area contributed by atoms with Gasteiger partial charge >= 0.3 is 6.18 Å². The summed E-state index contributed by atoms with van der Waals surface area (Å²) in [4.78, 5) is 16.0. The van der Waals surface area contributed by atoms with Crippen LogP contribution in [0.1, 0.15) is 19.9 Å². The van der Waals surface area contributed by atoms with Crippen LogP contribution in [0.5, 0.6) is 0 Å². The standard InChI is InChI=1S/C11H13F3N4O.ClH/c1-3-17-4-7(15)8-9(17)16-5-18(10(8)19)6(2)11(12,13)14;/h4-6H,3,15H2,1-2H3;1H. The van der Waals surface area contributed by atoms with Crippen molar-refractivity contribution in [3.63, 3.8) is 0 Å². The summed E-state index contributed by atoms with van der Waals surface area (Å²) >= 11 is 0. The Morgan fingerprint density at radius 3 is 2.55 bits per heavy atom. The fourth-order valence-corrected chi connectivity index (χ4v) is 1.90. The SMILES string of the molecule is CCn1cc(N)c2c(=O)n(C(C)C(F)(F)F)cnc21.Cl. The Morgan fingerprint density at radius 2 is 2.05 bits per heavy atom. The average molecular weight is 311 g/mol. The number of nitrogens with zero attached hydrogens (tertiary/aromatic N) is 3. The van der Waals surface area contributed by atoms with Crippen LogP contribution in [-0.4, -0.2) is 20.3 Å². The predicted molar refractivity (Wildman–Crippen MR) is 72.1 cm³/mol. The third kappa shape index (κ3) is 2.47. The van der Waals surface area contributed by atoms with Gasteiger partial charge in [-0.05, 0) is 13.8 Å². The molecular weight excluding hydrogens is 297 g/mol. The van der Waals surface area contributed by atoms with Gasteiger partial charge in [-0.15, -0.1) is 12.4 Å². The first-order valence-corrected chi connectivity index (χ1v) is 5.69. The molecule has 0 saturated heterocycles. The van der Waals surface area contributed by atoms with Crippen LogP contribution in [0.2, 0.25) is 0 Å². The maximum Gasteiger partial charge on any atom is 0.409 e. The second kappa shape index (κ2) is 5.35. The predicted octanol–water partition coefficient (Wildman–Crippen LogP) is 2.35. The molecule has 0 aromatic carbocycles. The van der Waals surface area contributed by atoms with E-state index in [9.17, 15) is 18.0 Å². The van der Waals surface area contributed by atoms with Crippen molar-refractivity contribution in [1.29, 1.82) is 0 Å². The largest absolute Gasteiger partial charge is 0.409 e. The second-order valence-electron chi connectivity index (χ2n) is 4.24. The monoisotopic (exact) mass is 310 g/mol. The molecule has 1 atom stereocenters. The van der Waals surface area contributed by atoms with E-state index in [0.717, 1.165) is 13.3 Å². The van der Waals surface area contributed by atoms with Gasteiger partial charge in [0.25, 0.3) is 5.56 Å². The number of aromatic nitrogens is 3. The topological polar surface area (TPSA) is 65.8 Å². The summed E-state index contributed by atoms with van der Waals surface area (Å²) in [5.74, 6) is 0. The Kier molecular flexibility index (Phi) is 4.38. The molecule has 20 heavy (non-hydrogen) atoms. The summed E-state index contributed by atoms with van der Waals surface area (Å²) in [5.41, 5.74) is 5.34. The Balaban J connectivity index is 0.00000200. The Hall–Kier alpha value is -1.70. The van der Waals surface area contributed by atoms with Crippen molar-refractivity contribution in [2.45, 2.75) is 32.6 Å². The third-order valence-electron chi connectivity index (χ3n) is 3.06. The zero-order chi connectivity index (χ0) is 14.4. The van der Waals surface area contributed by atoms with Crippen molar-refractivity contribution in [1.82, 2.24) is 14.1 Å². The number of nitrogens with two attached hydrogens (primary N) is 1. The fraction of sp³-hybridized carbons (Fsp3) is 0.455. The molecule has 0 fully saturated rings. The molecule has 0 radical (unpaired) electrons. The van der Waals surface area contributed by atoms with Crippen molar-refractivity contribution in [2.75, 3.05) is 5.73 Å². The fourth-order valence-electron chi connectivity index (χ4n) is 1.90. The van der Waals surface area contributed by atoms with Gasteiger partial charge in [-0.3, -0.25) is 9.36 Å². The molecule has 2 heterocycles. The van der Waals surface area contributed by atoms with Gasteiger partial charge in [0.2, 0.25) is 0 Å². The summed E-state index contributed by atoms with van der Waals surface area (Å²) in [6.45, 7) is 3.26. The van der Waals surface area contributed by atoms with E-state index in [1.54, 1.807) is 4.57 Å². The third-order valence-corrected chi connectivity index (χ3v) is 3.06. The quantitative estimate of drug-likeness (QED) is 0.926. The molecular formula is C11H14ClF3N4O. The maximum absolute atomic E-state index is 12.7. The number of nitrogen functional groups attached to an aromatic ring is 1. The van der Waals surface area contributed by atoms with Crippen molar-refractivity contribution < 1.29 is 13.2 Å². The molecule has 0 bridgehead atoms. The Bertz CT molecular complexity index is 677. The lowest BCUT2D eigenvalue weighted by Crippen LogP contribution is -2.32. The molecule has 9 heteroatoms. The van der Waals surface area contributed by atoms with Gasteiger partial charge in [-0.1, -0.05) is 0 Å². The van der Waals surface area contributed by atoms with Gasteiger partial charge < -0.3 is 10.3 Å². The minimum Gasteiger partial charge on any atom is -0.397 e. The summed E-state index contributed by atoms with van der Waals surface area (Å²) in [6.07, 6.45) is -2.10. The molecule has 2 aromatic heterocycles. The molecule has 5 nitrogen and oxygen atoms in total. The first-order valence-electron chi connectivity index (χ1n) is 5.69. The van der Waals surface area contributed by atoms with Crippen LogP contribution < -0.4 is 11.3 Å². The lowest BCUT2D eigenvalue weighted by Gasteiger charge is -2.17. The van der Waals surface area contributed by atoms with Crippen LogP contribution in [0.4, 0.5) is 18.9 Å². The first-order chi connectivity index (χ1) is 8.77. The molecule has 0 aliphatic heterocycles. The Labute approximate surface area is 118 Å². The van der Waals surface area contributed by atoms with E-state index in [1.165, 1.54) is 6.20 Å². The zero-order valence-electron chi connectivity index (χ0n) is 10.8. The number of aryl methyl sites for hydroxylation is 1. The highest BCUT2D eigenvalue weighted by atomic mass is 35.5. The van der Waals surface area contributed by atoms with Gasteiger partial charge in [-0.25, -0.2) is 4.98 Å². The molecule has 2 rings (SSSR count). The van der Waals surface area contributed by atoms with Crippen LogP contribution in [-0.2, 0) is 6.54 Å². The first kappa shape index (κ1) is 16.4. The van der Waals surface area contributed by atoms with Gasteiger partial charge in [0.05, 0.1) is 5.69 Å². The van der Waals surface area contributed by atoms with E-state index in [0.29, 0.717) is 16.8 Å². The zero-order valence-corrected chi connectivity index (χ0v) is 11.6. The maximum atomic E-state index is 12.7. The highest BCUT2D eigenvalue weighted by Crippen LogP contribution is 2.29. The Morgan fingerprint density at radius 1 is 1.45 bits per heavy atom. The second-order valence-corrected chi connectivity index (χ2v) is 4.24. The van der Waals surface area contributed by atoms with E-state index >= 15 is 0 Å². The van der Waals surface area contributed by atoms with Gasteiger partial charge in [-0.2, -0.15) is 13.2 Å². The molecule has 0 aliphatic rings. The summed E-state index contributed by atoms with van der Waals surface area (Å²) in [7, 11) is 0. The number of halogens is 4. The highest BCUT2D eigenvalue weighted by Gasteiger charge is 2.38. The molecule has 2 N–H and O–H groups in total. The molecule has 112 valence electrons. The van der Waals surface area contributed by atoms with Crippen LogP contribution in [0, 0.1) is 0 Å². The average Bonchev–Trinajstić information content (AvgIpc) is 2.65. The number of alkyl halides is 3. The van der Waals surface area contributed by atoms with E-state index in [4.69, 9.17) is 5.73 Å². The van der Waals surface area contributed by atoms with Crippen molar-refractivity contribution >= 4 is 29.1 Å². The van der Waals surface area contributed by atoms with Gasteiger partial charge in [0.15, 0.2) is 0 Å². The normalized spacial score (nSPS) is 13.2. The summed E-state index contributed by atoms with van der Waals surface area (Å²) in [6, 6.07) is -1.94. The van der Waals surface area contributed by atoms with E-state index in [1.807, 2.05) is 6.92 Å². The molecule has 2 aromatic rings. The van der Waals surface area contributed by atoms with E-state index < -0.39 is 17.8 Å². The van der Waals surface area contributed by atoms with Crippen molar-refractivity contribution in [3.05, 3.63) is 22.9 Å². The molecule has 0 saturated carbocycles. The summed E-state index contributed by atoms with van der Waals surface area (Å²) in [5, 5.41) is 0.0282. The molecule has 0 aliphatic carbocycles. The molecule has 0 spiro atoms. The van der Waals surface area contributed by atoms with E-state index in [2.05, 4.69) is 4.98 Å². The van der Waals surface area contributed by atoms with Gasteiger partial charge in [0, 0.05) is 12.7 Å².